The highest BCUT2D eigenvalue weighted by atomic mass is 16.5. The maximum absolute atomic E-state index is 12.6. The molecule has 0 spiro atoms. The van der Waals surface area contributed by atoms with Gasteiger partial charge in [-0.05, 0) is 28.2 Å². The van der Waals surface area contributed by atoms with E-state index in [2.05, 4.69) is 34.6 Å². The van der Waals surface area contributed by atoms with Crippen LogP contribution in [0.1, 0.15) is 59.7 Å². The lowest BCUT2D eigenvalue weighted by molar-refractivity contribution is 0.0690. The molecule has 0 radical (unpaired) electrons. The number of carbonyl (C=O) groups excluding carboxylic acids is 1. The smallest absolute Gasteiger partial charge is 0.407 e. The normalized spacial score (nSPS) is 14.4. The van der Waals surface area contributed by atoms with Crippen molar-refractivity contribution in [1.29, 1.82) is 0 Å². The van der Waals surface area contributed by atoms with Crippen molar-refractivity contribution in [2.75, 3.05) is 6.61 Å². The largest absolute Gasteiger partial charge is 0.476 e. The maximum atomic E-state index is 12.6. The molecule has 7 heteroatoms. The highest BCUT2D eigenvalue weighted by Crippen LogP contribution is 2.44. The number of aromatic nitrogens is 1. The van der Waals surface area contributed by atoms with Gasteiger partial charge in [0.25, 0.3) is 0 Å². The number of carbonyl (C=O) groups is 2. The van der Waals surface area contributed by atoms with Crippen LogP contribution in [0.25, 0.3) is 11.1 Å². The molecule has 1 amide bonds. The van der Waals surface area contributed by atoms with E-state index in [4.69, 9.17) is 14.3 Å². The molecule has 0 saturated carbocycles. The van der Waals surface area contributed by atoms with Crippen LogP contribution in [0.3, 0.4) is 0 Å². The minimum absolute atomic E-state index is 0.0271. The van der Waals surface area contributed by atoms with Crippen molar-refractivity contribution in [3.8, 4) is 11.1 Å². The molecule has 1 aromatic heterocycles. The molecule has 0 unspecified atom stereocenters. The third-order valence-corrected chi connectivity index (χ3v) is 5.84. The summed E-state index contributed by atoms with van der Waals surface area (Å²) in [5, 5.41) is 11.9. The Labute approximate surface area is 180 Å². The van der Waals surface area contributed by atoms with Gasteiger partial charge >= 0.3 is 12.1 Å². The van der Waals surface area contributed by atoms with Crippen molar-refractivity contribution in [1.82, 2.24) is 10.3 Å². The molecule has 1 aliphatic carbocycles. The summed E-state index contributed by atoms with van der Waals surface area (Å²) >= 11 is 0. The van der Waals surface area contributed by atoms with Crippen LogP contribution in [-0.2, 0) is 4.74 Å². The van der Waals surface area contributed by atoms with Gasteiger partial charge < -0.3 is 19.6 Å². The molecular formula is C24H24N2O5. The summed E-state index contributed by atoms with van der Waals surface area (Å²) in [6.07, 6.45) is 1.22. The van der Waals surface area contributed by atoms with Crippen LogP contribution in [0.2, 0.25) is 0 Å². The molecule has 31 heavy (non-hydrogen) atoms. The number of carboxylic acid groups (broad SMARTS) is 1. The van der Waals surface area contributed by atoms with E-state index >= 15 is 0 Å². The first-order chi connectivity index (χ1) is 15.0. The third-order valence-electron chi connectivity index (χ3n) is 5.84. The lowest BCUT2D eigenvalue weighted by Gasteiger charge is -2.22. The number of nitrogens with zero attached hydrogens (tertiary/aromatic N) is 1. The first-order valence-electron chi connectivity index (χ1n) is 10.3. The summed E-state index contributed by atoms with van der Waals surface area (Å²) in [5.74, 6) is -1.10. The van der Waals surface area contributed by atoms with Crippen molar-refractivity contribution in [2.45, 2.75) is 32.2 Å². The minimum Gasteiger partial charge on any atom is -0.476 e. The number of fused-ring (bicyclic) bond motifs is 3. The van der Waals surface area contributed by atoms with E-state index < -0.39 is 18.1 Å². The van der Waals surface area contributed by atoms with Crippen LogP contribution in [0.4, 0.5) is 4.79 Å². The summed E-state index contributed by atoms with van der Waals surface area (Å²) in [4.78, 5) is 27.8. The molecule has 1 heterocycles. The molecule has 3 aromatic rings. The van der Waals surface area contributed by atoms with Crippen LogP contribution >= 0.6 is 0 Å². The van der Waals surface area contributed by atoms with Crippen molar-refractivity contribution >= 4 is 12.1 Å². The van der Waals surface area contributed by atoms with Gasteiger partial charge in [-0.3, -0.25) is 0 Å². The van der Waals surface area contributed by atoms with Crippen LogP contribution in [0, 0.1) is 5.92 Å². The molecule has 0 aliphatic heterocycles. The number of hydrogen-bond donors (Lipinski definition) is 2. The Bertz CT molecular complexity index is 1060. The fourth-order valence-corrected chi connectivity index (χ4v) is 3.98. The second-order valence-electron chi connectivity index (χ2n) is 7.71. The lowest BCUT2D eigenvalue weighted by Crippen LogP contribution is -2.34. The standard InChI is InChI=1S/C24H24N2O5/c1-3-14(2)21(22-25-20(13-30-22)23(27)28)26-24(29)31-12-19-17-10-6-4-8-15(17)16-9-5-7-11-18(16)19/h4-11,13-14,19,21H,3,12H2,1-2H3,(H,26,29)(H,27,28)/t14-,21-/m0/s1. The summed E-state index contributed by atoms with van der Waals surface area (Å²) in [7, 11) is 0. The molecular weight excluding hydrogens is 396 g/mol. The number of nitrogens with one attached hydrogen (secondary N) is 1. The van der Waals surface area contributed by atoms with E-state index in [9.17, 15) is 9.59 Å². The number of ether oxygens (including phenoxy) is 1. The lowest BCUT2D eigenvalue weighted by atomic mass is 9.98. The van der Waals surface area contributed by atoms with Crippen LogP contribution in [0.15, 0.2) is 59.2 Å². The zero-order valence-electron chi connectivity index (χ0n) is 17.4. The van der Waals surface area contributed by atoms with E-state index in [1.165, 1.54) is 0 Å². The molecule has 1 aliphatic rings. The monoisotopic (exact) mass is 420 g/mol. The Hall–Kier alpha value is -3.61. The molecule has 0 saturated heterocycles. The first-order valence-corrected chi connectivity index (χ1v) is 10.3. The number of carboxylic acids is 1. The average molecular weight is 420 g/mol. The van der Waals surface area contributed by atoms with Crippen molar-refractivity contribution in [3.05, 3.63) is 77.5 Å². The third kappa shape index (κ3) is 4.03. The zero-order chi connectivity index (χ0) is 22.0. The number of rotatable bonds is 7. The Balaban J connectivity index is 1.48. The van der Waals surface area contributed by atoms with Gasteiger partial charge in [0.1, 0.15) is 18.9 Å². The van der Waals surface area contributed by atoms with E-state index in [0.29, 0.717) is 0 Å². The van der Waals surface area contributed by atoms with E-state index in [-0.39, 0.29) is 30.0 Å². The molecule has 4 rings (SSSR count). The number of oxazole rings is 1. The first kappa shape index (κ1) is 20.7. The van der Waals surface area contributed by atoms with Crippen molar-refractivity contribution < 1.29 is 23.8 Å². The molecule has 0 fully saturated rings. The fraction of sp³-hybridized carbons (Fsp3) is 0.292. The van der Waals surface area contributed by atoms with Crippen LogP contribution in [-0.4, -0.2) is 28.8 Å². The van der Waals surface area contributed by atoms with Gasteiger partial charge in [0, 0.05) is 5.92 Å². The molecule has 160 valence electrons. The van der Waals surface area contributed by atoms with Crippen molar-refractivity contribution in [2.24, 2.45) is 5.92 Å². The SMILES string of the molecule is CC[C@H](C)[C@H](NC(=O)OCC1c2ccccc2-c2ccccc21)c1nc(C(=O)O)co1. The number of alkyl carbamates (subject to hydrolysis) is 1. The maximum Gasteiger partial charge on any atom is 0.407 e. The van der Waals surface area contributed by atoms with Crippen LogP contribution < -0.4 is 5.32 Å². The zero-order valence-corrected chi connectivity index (χ0v) is 17.4. The summed E-state index contributed by atoms with van der Waals surface area (Å²) in [6.45, 7) is 4.09. The highest BCUT2D eigenvalue weighted by molar-refractivity contribution is 5.84. The van der Waals surface area contributed by atoms with Crippen LogP contribution in [0.5, 0.6) is 0 Å². The predicted molar refractivity (Wildman–Crippen MR) is 114 cm³/mol. The number of amides is 1. The van der Waals surface area contributed by atoms with Gasteiger partial charge in [-0.1, -0.05) is 68.8 Å². The second-order valence-corrected chi connectivity index (χ2v) is 7.71. The Morgan fingerprint density at radius 3 is 2.29 bits per heavy atom. The summed E-state index contributed by atoms with van der Waals surface area (Å²) in [5.41, 5.74) is 4.39. The number of aromatic carboxylic acids is 1. The summed E-state index contributed by atoms with van der Waals surface area (Å²) < 4.78 is 10.9. The molecule has 2 aromatic carbocycles. The van der Waals surface area contributed by atoms with Gasteiger partial charge in [-0.2, -0.15) is 0 Å². The van der Waals surface area contributed by atoms with Gasteiger partial charge in [0.05, 0.1) is 0 Å². The van der Waals surface area contributed by atoms with E-state index in [1.807, 2.05) is 38.1 Å². The minimum atomic E-state index is -1.18. The number of hydrogen-bond acceptors (Lipinski definition) is 5. The summed E-state index contributed by atoms with van der Waals surface area (Å²) in [6, 6.07) is 15.7. The van der Waals surface area contributed by atoms with E-state index in [0.717, 1.165) is 34.9 Å². The van der Waals surface area contributed by atoms with E-state index in [1.54, 1.807) is 0 Å². The topological polar surface area (TPSA) is 102 Å². The van der Waals surface area contributed by atoms with Gasteiger partial charge in [0.15, 0.2) is 5.69 Å². The Kier molecular flexibility index (Phi) is 5.75. The van der Waals surface area contributed by atoms with Gasteiger partial charge in [-0.15, -0.1) is 0 Å². The molecule has 2 N–H and O–H groups in total. The highest BCUT2D eigenvalue weighted by Gasteiger charge is 2.30. The number of benzene rings is 2. The van der Waals surface area contributed by atoms with Crippen molar-refractivity contribution in [3.63, 3.8) is 0 Å². The Morgan fingerprint density at radius 2 is 1.74 bits per heavy atom. The molecule has 2 atom stereocenters. The molecule has 7 nitrogen and oxygen atoms in total. The fourth-order valence-electron chi connectivity index (χ4n) is 3.98. The van der Waals surface area contributed by atoms with Gasteiger partial charge in [-0.25, -0.2) is 14.6 Å². The second kappa shape index (κ2) is 8.63. The molecule has 0 bridgehead atoms. The Morgan fingerprint density at radius 1 is 1.13 bits per heavy atom. The quantitative estimate of drug-likeness (QED) is 0.558. The average Bonchev–Trinajstić information content (AvgIpc) is 3.39. The predicted octanol–water partition coefficient (Wildman–Crippen LogP) is 5.00. The van der Waals surface area contributed by atoms with Gasteiger partial charge in [0.2, 0.25) is 5.89 Å².